The Morgan fingerprint density at radius 3 is 1.57 bits per heavy atom. The second-order valence-corrected chi connectivity index (χ2v) is 19.8. The molecule has 0 unspecified atom stereocenters. The molecule has 12 rings (SSSR count). The zero-order chi connectivity index (χ0) is 43.4. The predicted molar refractivity (Wildman–Crippen MR) is 268 cm³/mol. The van der Waals surface area contributed by atoms with Crippen molar-refractivity contribution in [3.05, 3.63) is 259 Å². The van der Waals surface area contributed by atoms with Gasteiger partial charge < -0.3 is 9.46 Å². The van der Waals surface area contributed by atoms with E-state index in [1.165, 1.54) is 22.4 Å². The van der Waals surface area contributed by atoms with Crippen molar-refractivity contribution in [2.45, 2.75) is 24.7 Å². The number of hydrogen-bond acceptors (Lipinski definition) is 4. The second kappa shape index (κ2) is 15.9. The number of allylic oxidation sites excluding steroid dienone is 3. The smallest absolute Gasteiger partial charge is 0.171 e. The van der Waals surface area contributed by atoms with Crippen molar-refractivity contribution in [1.82, 2.24) is 9.97 Å². The standard InChI is InChI=1S/C60H44N3OP/c64-65(47-24-10-4-11-25-47,48-26-12-5-13-27-48)49-40-38-43(39-41-49)42-34-36-44(37-35-42)57-56-58(62-59(61-57)45-20-6-3-7-21-45)50-28-14-15-29-51(50)60(56)52-30-16-18-32-54(52)63(46-22-8-1-2-9-23-46)55-33-19-17-31-53(55)60/h3-8,10-41H,1-2,9H2. The number of rotatable bonds is 7. The Kier molecular flexibility index (Phi) is 9.51. The summed E-state index contributed by atoms with van der Waals surface area (Å²) in [5.41, 5.74) is 14.6. The van der Waals surface area contributed by atoms with Gasteiger partial charge in [-0.25, -0.2) is 9.97 Å². The van der Waals surface area contributed by atoms with Crippen molar-refractivity contribution < 1.29 is 4.57 Å². The molecule has 0 bridgehead atoms. The van der Waals surface area contributed by atoms with Gasteiger partial charge >= 0.3 is 0 Å². The van der Waals surface area contributed by atoms with E-state index >= 15 is 4.57 Å². The molecule has 5 heteroatoms. The first-order valence-electron chi connectivity index (χ1n) is 22.5. The third-order valence-electron chi connectivity index (χ3n) is 13.4. The number of benzene rings is 8. The topological polar surface area (TPSA) is 46.1 Å². The minimum Gasteiger partial charge on any atom is -0.310 e. The van der Waals surface area contributed by atoms with Gasteiger partial charge in [-0.05, 0) is 65.3 Å². The fourth-order valence-corrected chi connectivity index (χ4v) is 13.1. The Hall–Kier alpha value is -7.65. The first-order chi connectivity index (χ1) is 32.1. The van der Waals surface area contributed by atoms with Gasteiger partial charge in [0.2, 0.25) is 0 Å². The lowest BCUT2D eigenvalue weighted by atomic mass is 9.64. The summed E-state index contributed by atoms with van der Waals surface area (Å²) in [5.74, 6) is 0.694. The Morgan fingerprint density at radius 1 is 0.446 bits per heavy atom. The van der Waals surface area contributed by atoms with Crippen LogP contribution in [0.15, 0.2) is 236 Å². The summed E-state index contributed by atoms with van der Waals surface area (Å²) >= 11 is 0. The average Bonchev–Trinajstić information content (AvgIpc) is 3.48. The molecular weight excluding hydrogens is 810 g/mol. The molecule has 0 amide bonds. The summed E-state index contributed by atoms with van der Waals surface area (Å²) in [4.78, 5) is 13.6. The van der Waals surface area contributed by atoms with Crippen LogP contribution in [-0.4, -0.2) is 9.97 Å². The molecule has 2 heterocycles. The van der Waals surface area contributed by atoms with Gasteiger partial charge in [0.05, 0.1) is 28.2 Å². The van der Waals surface area contributed by atoms with Crippen molar-refractivity contribution in [2.24, 2.45) is 0 Å². The SMILES string of the molecule is O=P(c1ccccc1)(c1ccccc1)c1ccc(-c2ccc(-c3nc(-c4ccccc4)nc4c3C3(c5ccccc5-4)c4ccccc4N(C4=CCCCC=C4)c4ccccc43)cc2)cc1. The largest absolute Gasteiger partial charge is 0.310 e. The number of fused-ring (bicyclic) bond motifs is 9. The minimum atomic E-state index is -3.10. The van der Waals surface area contributed by atoms with E-state index in [1.54, 1.807) is 0 Å². The van der Waals surface area contributed by atoms with Crippen LogP contribution in [0.2, 0.25) is 0 Å². The second-order valence-electron chi connectivity index (χ2n) is 17.0. The highest BCUT2D eigenvalue weighted by atomic mass is 31.2. The third-order valence-corrected chi connectivity index (χ3v) is 16.5. The quantitative estimate of drug-likeness (QED) is 0.150. The molecule has 0 radical (unpaired) electrons. The summed E-state index contributed by atoms with van der Waals surface area (Å²) in [5, 5.41) is 2.46. The van der Waals surface area contributed by atoms with Crippen LogP contribution >= 0.6 is 7.14 Å². The van der Waals surface area contributed by atoms with Crippen LogP contribution in [0.1, 0.15) is 41.5 Å². The molecule has 1 aromatic heterocycles. The average molecular weight is 854 g/mol. The summed E-state index contributed by atoms with van der Waals surface area (Å²) in [6.07, 6.45) is 10.3. The molecule has 4 nitrogen and oxygen atoms in total. The van der Waals surface area contributed by atoms with Crippen LogP contribution in [0.5, 0.6) is 0 Å². The van der Waals surface area contributed by atoms with Crippen LogP contribution < -0.4 is 20.8 Å². The van der Waals surface area contributed by atoms with Crippen molar-refractivity contribution in [3.8, 4) is 45.0 Å². The number of hydrogen-bond donors (Lipinski definition) is 0. The summed E-state index contributed by atoms with van der Waals surface area (Å²) in [7, 11) is -3.10. The Morgan fingerprint density at radius 2 is 0.938 bits per heavy atom. The molecule has 0 saturated heterocycles. The van der Waals surface area contributed by atoms with Crippen molar-refractivity contribution in [1.29, 1.82) is 0 Å². The molecule has 65 heavy (non-hydrogen) atoms. The van der Waals surface area contributed by atoms with E-state index in [-0.39, 0.29) is 0 Å². The molecule has 0 atom stereocenters. The van der Waals surface area contributed by atoms with Gasteiger partial charge in [-0.15, -0.1) is 0 Å². The van der Waals surface area contributed by atoms with E-state index in [0.717, 1.165) is 91.3 Å². The van der Waals surface area contributed by atoms with E-state index in [2.05, 4.69) is 157 Å². The Bertz CT molecular complexity index is 3270. The third kappa shape index (κ3) is 6.16. The number of nitrogens with zero attached hydrogens (tertiary/aromatic N) is 3. The molecule has 8 aromatic carbocycles. The monoisotopic (exact) mass is 853 g/mol. The maximum atomic E-state index is 15.1. The lowest BCUT2D eigenvalue weighted by Crippen LogP contribution is -2.37. The van der Waals surface area contributed by atoms with Crippen LogP contribution in [0.3, 0.4) is 0 Å². The summed E-state index contributed by atoms with van der Waals surface area (Å²) in [6.45, 7) is 0. The first kappa shape index (κ1) is 39.0. The van der Waals surface area contributed by atoms with E-state index in [0.29, 0.717) is 5.82 Å². The number of aromatic nitrogens is 2. The van der Waals surface area contributed by atoms with Crippen LogP contribution in [0.4, 0.5) is 11.4 Å². The fraction of sp³-hybridized carbons (Fsp3) is 0.0667. The van der Waals surface area contributed by atoms with Gasteiger partial charge in [0.15, 0.2) is 13.0 Å². The van der Waals surface area contributed by atoms with Crippen molar-refractivity contribution in [3.63, 3.8) is 0 Å². The van der Waals surface area contributed by atoms with Crippen molar-refractivity contribution in [2.75, 3.05) is 4.90 Å². The van der Waals surface area contributed by atoms with E-state index in [1.807, 2.05) is 78.9 Å². The summed E-state index contributed by atoms with van der Waals surface area (Å²) < 4.78 is 15.1. The molecule has 9 aromatic rings. The van der Waals surface area contributed by atoms with Crippen molar-refractivity contribution >= 4 is 34.4 Å². The first-order valence-corrected chi connectivity index (χ1v) is 24.2. The zero-order valence-corrected chi connectivity index (χ0v) is 36.7. The number of para-hydroxylation sites is 2. The molecule has 2 aliphatic carbocycles. The van der Waals surface area contributed by atoms with Crippen LogP contribution in [0.25, 0.3) is 45.0 Å². The van der Waals surface area contributed by atoms with Gasteiger partial charge in [-0.1, -0.05) is 212 Å². The molecule has 0 fully saturated rings. The van der Waals surface area contributed by atoms with Gasteiger partial charge in [0.1, 0.15) is 0 Å². The molecule has 0 saturated carbocycles. The maximum Gasteiger partial charge on any atom is 0.171 e. The summed E-state index contributed by atoms with van der Waals surface area (Å²) in [6, 6.07) is 73.9. The maximum absolute atomic E-state index is 15.1. The van der Waals surface area contributed by atoms with Crippen LogP contribution in [0, 0.1) is 0 Å². The Labute approximate surface area is 380 Å². The molecule has 1 spiro atoms. The van der Waals surface area contributed by atoms with Crippen LogP contribution in [-0.2, 0) is 9.98 Å². The highest BCUT2D eigenvalue weighted by Gasteiger charge is 2.54. The van der Waals surface area contributed by atoms with E-state index < -0.39 is 12.6 Å². The molecule has 3 aliphatic rings. The van der Waals surface area contributed by atoms with Gasteiger partial charge in [0.25, 0.3) is 0 Å². The molecule has 310 valence electrons. The van der Waals surface area contributed by atoms with Gasteiger partial charge in [-0.2, -0.15) is 0 Å². The highest BCUT2D eigenvalue weighted by molar-refractivity contribution is 7.85. The molecule has 1 aliphatic heterocycles. The van der Waals surface area contributed by atoms with Gasteiger partial charge in [0, 0.05) is 43.9 Å². The Balaban J connectivity index is 1.04. The van der Waals surface area contributed by atoms with E-state index in [4.69, 9.17) is 9.97 Å². The number of anilines is 2. The fourth-order valence-electron chi connectivity index (χ4n) is 10.5. The van der Waals surface area contributed by atoms with Gasteiger partial charge in [-0.3, -0.25) is 0 Å². The minimum absolute atomic E-state index is 0.694. The molecule has 0 N–H and O–H groups in total. The lowest BCUT2D eigenvalue weighted by molar-refractivity contribution is 0.592. The normalized spacial score (nSPS) is 14.5. The predicted octanol–water partition coefficient (Wildman–Crippen LogP) is 13.6. The molecular formula is C60H44N3OP. The zero-order valence-electron chi connectivity index (χ0n) is 35.8. The lowest BCUT2D eigenvalue weighted by Gasteiger charge is -2.45. The highest BCUT2D eigenvalue weighted by Crippen LogP contribution is 2.64. The van der Waals surface area contributed by atoms with E-state index in [9.17, 15) is 0 Å².